The van der Waals surface area contributed by atoms with Crippen LogP contribution in [0.3, 0.4) is 0 Å². The average Bonchev–Trinajstić information content (AvgIpc) is 3.31. The van der Waals surface area contributed by atoms with Crippen LogP contribution < -0.4 is 10.6 Å². The number of aromatic nitrogens is 4. The molecule has 9 heteroatoms. The van der Waals surface area contributed by atoms with Crippen molar-refractivity contribution in [3.63, 3.8) is 0 Å². The zero-order valence-electron chi connectivity index (χ0n) is 21.0. The van der Waals surface area contributed by atoms with E-state index in [1.165, 1.54) is 24.3 Å². The third-order valence-electron chi connectivity index (χ3n) is 5.98. The van der Waals surface area contributed by atoms with Crippen LogP contribution in [0.1, 0.15) is 13.8 Å². The normalized spacial score (nSPS) is 11.2. The minimum Gasteiger partial charge on any atom is -0.336 e. The molecule has 38 heavy (non-hydrogen) atoms. The number of benzene rings is 2. The molecule has 2 amide bonds. The van der Waals surface area contributed by atoms with Gasteiger partial charge in [-0.2, -0.15) is 5.10 Å². The number of hydrogen-bond acceptors (Lipinski definition) is 4. The maximum absolute atomic E-state index is 13.9. The lowest BCUT2D eigenvalue weighted by atomic mass is 9.90. The number of hydrogen-bond donors (Lipinski definition) is 2. The van der Waals surface area contributed by atoms with E-state index in [2.05, 4.69) is 20.7 Å². The maximum atomic E-state index is 13.9. The van der Waals surface area contributed by atoms with Crippen molar-refractivity contribution in [1.29, 1.82) is 0 Å². The number of carbonyl (C=O) groups excluding carboxylic acids is 1. The molecular weight excluding hydrogens is 486 g/mol. The van der Waals surface area contributed by atoms with Crippen LogP contribution in [0.2, 0.25) is 0 Å². The molecule has 0 saturated heterocycles. The van der Waals surface area contributed by atoms with E-state index in [4.69, 9.17) is 4.98 Å². The van der Waals surface area contributed by atoms with Gasteiger partial charge in [-0.15, -0.1) is 0 Å². The second-order valence-corrected chi connectivity index (χ2v) is 9.14. The number of halogens is 2. The van der Waals surface area contributed by atoms with Gasteiger partial charge in [0.15, 0.2) is 5.65 Å². The minimum atomic E-state index is -0.350. The van der Waals surface area contributed by atoms with Crippen molar-refractivity contribution in [2.24, 2.45) is 0 Å². The van der Waals surface area contributed by atoms with Gasteiger partial charge in [0.25, 0.3) is 0 Å². The first kappa shape index (κ1) is 25.0. The summed E-state index contributed by atoms with van der Waals surface area (Å²) in [4.78, 5) is 21.0. The van der Waals surface area contributed by atoms with Gasteiger partial charge in [0.1, 0.15) is 11.6 Å². The lowest BCUT2D eigenvalue weighted by Gasteiger charge is -2.16. The fraction of sp³-hybridized carbons (Fsp3) is 0.172. The summed E-state index contributed by atoms with van der Waals surface area (Å²) in [5, 5.41) is 11.1. The number of rotatable bonds is 7. The smallest absolute Gasteiger partial charge is 0.315 e. The first-order valence-electron chi connectivity index (χ1n) is 12.3. The molecule has 0 fully saturated rings. The van der Waals surface area contributed by atoms with Crippen LogP contribution in [0.5, 0.6) is 0 Å². The molecule has 0 unspecified atom stereocenters. The predicted molar refractivity (Wildman–Crippen MR) is 143 cm³/mol. The van der Waals surface area contributed by atoms with Gasteiger partial charge < -0.3 is 10.6 Å². The molecule has 0 atom stereocenters. The van der Waals surface area contributed by atoms with Crippen LogP contribution in [0, 0.1) is 11.6 Å². The number of pyridine rings is 2. The predicted octanol–water partition coefficient (Wildman–Crippen LogP) is 5.81. The third-order valence-corrected chi connectivity index (χ3v) is 5.98. The molecule has 3 heterocycles. The number of nitrogens with zero attached hydrogens (tertiary/aromatic N) is 4. The van der Waals surface area contributed by atoms with E-state index in [-0.39, 0.29) is 23.7 Å². The Morgan fingerprint density at radius 2 is 1.47 bits per heavy atom. The van der Waals surface area contributed by atoms with Gasteiger partial charge in [-0.1, -0.05) is 12.1 Å². The highest BCUT2D eigenvalue weighted by Crippen LogP contribution is 2.42. The Hall–Kier alpha value is -4.66. The lowest BCUT2D eigenvalue weighted by Crippen LogP contribution is -2.40. The Morgan fingerprint density at radius 3 is 2.11 bits per heavy atom. The summed E-state index contributed by atoms with van der Waals surface area (Å²) < 4.78 is 29.4. The van der Waals surface area contributed by atoms with Crippen LogP contribution >= 0.6 is 0 Å². The molecule has 0 bridgehead atoms. The van der Waals surface area contributed by atoms with Gasteiger partial charge >= 0.3 is 6.03 Å². The average molecular weight is 513 g/mol. The van der Waals surface area contributed by atoms with E-state index in [1.54, 1.807) is 41.3 Å². The van der Waals surface area contributed by atoms with E-state index < -0.39 is 0 Å². The van der Waals surface area contributed by atoms with Crippen molar-refractivity contribution in [2.75, 3.05) is 6.54 Å². The summed E-state index contributed by atoms with van der Waals surface area (Å²) in [7, 11) is 0. The second-order valence-electron chi connectivity index (χ2n) is 9.14. The molecule has 5 rings (SSSR count). The topological polar surface area (TPSA) is 84.7 Å². The molecule has 0 aliphatic heterocycles. The highest BCUT2D eigenvalue weighted by atomic mass is 19.1. The quantitative estimate of drug-likeness (QED) is 0.288. The Bertz CT molecular complexity index is 1570. The number of fused-ring (bicyclic) bond motifs is 1. The van der Waals surface area contributed by atoms with Gasteiger partial charge in [-0.05, 0) is 73.5 Å². The first-order valence-corrected chi connectivity index (χ1v) is 12.3. The largest absolute Gasteiger partial charge is 0.336 e. The molecule has 3 aromatic heterocycles. The maximum Gasteiger partial charge on any atom is 0.315 e. The van der Waals surface area contributed by atoms with Crippen molar-refractivity contribution in [3.05, 3.63) is 90.9 Å². The molecule has 7 nitrogen and oxygen atoms in total. The minimum absolute atomic E-state index is 0.0289. The monoisotopic (exact) mass is 512 g/mol. The van der Waals surface area contributed by atoms with E-state index in [0.717, 1.165) is 27.6 Å². The molecule has 2 aromatic carbocycles. The van der Waals surface area contributed by atoms with Crippen LogP contribution in [0.4, 0.5) is 13.6 Å². The number of carbonyl (C=O) groups is 1. The molecule has 0 saturated carbocycles. The lowest BCUT2D eigenvalue weighted by molar-refractivity contribution is 0.238. The van der Waals surface area contributed by atoms with E-state index >= 15 is 0 Å². The number of nitrogens with one attached hydrogen (secondary N) is 2. The molecule has 0 aliphatic carbocycles. The van der Waals surface area contributed by atoms with Crippen molar-refractivity contribution >= 4 is 17.1 Å². The van der Waals surface area contributed by atoms with Crippen molar-refractivity contribution in [1.82, 2.24) is 30.4 Å². The summed E-state index contributed by atoms with van der Waals surface area (Å²) in [6, 6.07) is 15.9. The number of urea groups is 1. The van der Waals surface area contributed by atoms with Gasteiger partial charge in [0.05, 0.1) is 12.2 Å². The van der Waals surface area contributed by atoms with E-state index in [1.807, 2.05) is 32.2 Å². The Kier molecular flexibility index (Phi) is 7.08. The van der Waals surface area contributed by atoms with Crippen LogP contribution in [0.15, 0.2) is 79.3 Å². The molecule has 0 spiro atoms. The van der Waals surface area contributed by atoms with Gasteiger partial charge in [0.2, 0.25) is 0 Å². The second kappa shape index (κ2) is 10.8. The zero-order chi connectivity index (χ0) is 26.6. The van der Waals surface area contributed by atoms with E-state index in [9.17, 15) is 13.6 Å². The highest BCUT2D eigenvalue weighted by Gasteiger charge is 2.22. The molecular formula is C29H26F2N6O. The molecule has 0 aliphatic rings. The van der Waals surface area contributed by atoms with Crippen molar-refractivity contribution in [3.8, 4) is 33.5 Å². The summed E-state index contributed by atoms with van der Waals surface area (Å²) in [6.07, 6.45) is 5.27. The van der Waals surface area contributed by atoms with E-state index in [0.29, 0.717) is 30.0 Å². The fourth-order valence-corrected chi connectivity index (χ4v) is 4.33. The Balaban J connectivity index is 1.69. The standard InChI is InChI=1S/C29H26F2N6O/c1-18(2)34-29(38)33-15-16-37-17-24-25(19-3-7-22(30)8-4-19)26(20-11-13-32-14-12-20)27(35-28(24)36-37)21-5-9-23(31)10-6-21/h3-14,17-18H,15-16H2,1-2H3,(H2,33,34,38). The summed E-state index contributed by atoms with van der Waals surface area (Å²) in [6.45, 7) is 4.56. The molecule has 5 aromatic rings. The van der Waals surface area contributed by atoms with Crippen molar-refractivity contribution < 1.29 is 13.6 Å². The highest BCUT2D eigenvalue weighted by molar-refractivity contribution is 6.05. The summed E-state index contributed by atoms with van der Waals surface area (Å²) in [5.41, 5.74) is 5.06. The summed E-state index contributed by atoms with van der Waals surface area (Å²) >= 11 is 0. The van der Waals surface area contributed by atoms with Crippen LogP contribution in [0.25, 0.3) is 44.5 Å². The third kappa shape index (κ3) is 5.36. The van der Waals surface area contributed by atoms with Gasteiger partial charge in [-0.25, -0.2) is 18.6 Å². The van der Waals surface area contributed by atoms with Crippen LogP contribution in [-0.2, 0) is 6.54 Å². The molecule has 2 N–H and O–H groups in total. The van der Waals surface area contributed by atoms with Crippen LogP contribution in [-0.4, -0.2) is 38.4 Å². The zero-order valence-corrected chi connectivity index (χ0v) is 21.0. The summed E-state index contributed by atoms with van der Waals surface area (Å²) in [5.74, 6) is -0.693. The number of amides is 2. The Labute approximate surface area is 218 Å². The van der Waals surface area contributed by atoms with Gasteiger partial charge in [0, 0.05) is 53.3 Å². The first-order chi connectivity index (χ1) is 18.4. The molecule has 192 valence electrons. The van der Waals surface area contributed by atoms with Crippen molar-refractivity contribution in [2.45, 2.75) is 26.4 Å². The Morgan fingerprint density at radius 1 is 0.868 bits per heavy atom. The van der Waals surface area contributed by atoms with Gasteiger partial charge in [-0.3, -0.25) is 9.67 Å². The fourth-order valence-electron chi connectivity index (χ4n) is 4.33. The SMILES string of the molecule is CC(C)NC(=O)NCCn1cc2c(-c3ccc(F)cc3)c(-c3ccncc3)c(-c3ccc(F)cc3)nc2n1. The molecule has 0 radical (unpaired) electrons.